The standard InChI is InChI=1S/C30H34N/c1-19(2)14-26-18-30(27-16-21(4)15-22(5)23(27)6)31(7)29-13-12-25(17-28(26)29)24-10-8-20(3)9-11-24/h8-13,15-19H,14H2,1-7H3/q+1. The maximum Gasteiger partial charge on any atom is 0.213 e. The van der Waals surface area contributed by atoms with E-state index in [4.69, 9.17) is 0 Å². The van der Waals surface area contributed by atoms with Crippen LogP contribution in [-0.2, 0) is 13.5 Å². The highest BCUT2D eigenvalue weighted by Gasteiger charge is 2.21. The van der Waals surface area contributed by atoms with Crippen molar-refractivity contribution >= 4 is 10.9 Å². The van der Waals surface area contributed by atoms with Crippen molar-refractivity contribution < 1.29 is 4.57 Å². The van der Waals surface area contributed by atoms with Crippen LogP contribution >= 0.6 is 0 Å². The zero-order chi connectivity index (χ0) is 22.3. The van der Waals surface area contributed by atoms with Gasteiger partial charge in [-0.15, -0.1) is 0 Å². The number of hydrogen-bond donors (Lipinski definition) is 0. The summed E-state index contributed by atoms with van der Waals surface area (Å²) in [6.07, 6.45) is 1.07. The second kappa shape index (κ2) is 8.30. The van der Waals surface area contributed by atoms with Crippen molar-refractivity contribution in [2.24, 2.45) is 13.0 Å². The molecule has 0 fully saturated rings. The molecule has 0 radical (unpaired) electrons. The van der Waals surface area contributed by atoms with Crippen LogP contribution in [0, 0.1) is 33.6 Å². The minimum Gasteiger partial charge on any atom is -0.194 e. The lowest BCUT2D eigenvalue weighted by atomic mass is 9.92. The molecule has 3 aromatic carbocycles. The molecule has 1 nitrogen and oxygen atoms in total. The maximum atomic E-state index is 2.43. The average molecular weight is 409 g/mol. The van der Waals surface area contributed by atoms with Crippen LogP contribution in [0.25, 0.3) is 33.3 Å². The molecule has 0 spiro atoms. The predicted molar refractivity (Wildman–Crippen MR) is 133 cm³/mol. The van der Waals surface area contributed by atoms with Crippen LogP contribution in [0.15, 0.2) is 60.7 Å². The molecule has 31 heavy (non-hydrogen) atoms. The van der Waals surface area contributed by atoms with Crippen LogP contribution in [0.3, 0.4) is 0 Å². The van der Waals surface area contributed by atoms with Gasteiger partial charge in [-0.25, -0.2) is 0 Å². The van der Waals surface area contributed by atoms with Gasteiger partial charge in [0.25, 0.3) is 0 Å². The Hall–Kier alpha value is -2.93. The van der Waals surface area contributed by atoms with Gasteiger partial charge in [-0.1, -0.05) is 55.3 Å². The van der Waals surface area contributed by atoms with Crippen LogP contribution in [0.4, 0.5) is 0 Å². The Labute approximate surface area is 187 Å². The minimum atomic E-state index is 0.604. The van der Waals surface area contributed by atoms with E-state index in [1.807, 2.05) is 0 Å². The molecular formula is C30H34N+. The summed E-state index contributed by atoms with van der Waals surface area (Å²) in [7, 11) is 2.21. The van der Waals surface area contributed by atoms with Gasteiger partial charge in [0.05, 0.1) is 5.39 Å². The molecule has 4 aromatic rings. The first kappa shape index (κ1) is 21.3. The van der Waals surface area contributed by atoms with Gasteiger partial charge >= 0.3 is 0 Å². The smallest absolute Gasteiger partial charge is 0.194 e. The molecule has 4 rings (SSSR count). The highest BCUT2D eigenvalue weighted by Crippen LogP contribution is 2.31. The Balaban J connectivity index is 1.98. The number of pyridine rings is 1. The number of fused-ring (bicyclic) bond motifs is 1. The van der Waals surface area contributed by atoms with E-state index in [-0.39, 0.29) is 0 Å². The lowest BCUT2D eigenvalue weighted by molar-refractivity contribution is -0.633. The van der Waals surface area contributed by atoms with E-state index in [2.05, 4.69) is 114 Å². The Bertz CT molecular complexity index is 1260. The lowest BCUT2D eigenvalue weighted by Crippen LogP contribution is -2.33. The van der Waals surface area contributed by atoms with E-state index in [9.17, 15) is 0 Å². The van der Waals surface area contributed by atoms with Crippen molar-refractivity contribution in [2.45, 2.75) is 48.0 Å². The first-order valence-corrected chi connectivity index (χ1v) is 11.4. The normalized spacial score (nSPS) is 11.5. The summed E-state index contributed by atoms with van der Waals surface area (Å²) in [5.41, 5.74) is 13.3. The first-order chi connectivity index (χ1) is 14.7. The van der Waals surface area contributed by atoms with E-state index >= 15 is 0 Å². The SMILES string of the molecule is Cc1ccc(-c2ccc3c(c2)c(CC(C)C)cc(-c2cc(C)cc(C)c2C)[n+]3C)cc1. The third-order valence-electron chi connectivity index (χ3n) is 6.48. The molecule has 0 bridgehead atoms. The Morgan fingerprint density at radius 3 is 2.10 bits per heavy atom. The monoisotopic (exact) mass is 408 g/mol. The topological polar surface area (TPSA) is 3.88 Å². The highest BCUT2D eigenvalue weighted by atomic mass is 14.9. The van der Waals surface area contributed by atoms with Crippen LogP contribution in [0.2, 0.25) is 0 Å². The lowest BCUT2D eigenvalue weighted by Gasteiger charge is -2.15. The quantitative estimate of drug-likeness (QED) is 0.309. The zero-order valence-electron chi connectivity index (χ0n) is 20.0. The maximum absolute atomic E-state index is 2.43. The van der Waals surface area contributed by atoms with Gasteiger partial charge in [0.1, 0.15) is 7.05 Å². The van der Waals surface area contributed by atoms with Gasteiger partial charge in [-0.2, -0.15) is 4.57 Å². The first-order valence-electron chi connectivity index (χ1n) is 11.4. The summed E-state index contributed by atoms with van der Waals surface area (Å²) in [6.45, 7) is 13.4. The minimum absolute atomic E-state index is 0.604. The molecule has 0 aliphatic heterocycles. The molecule has 1 heterocycles. The second-order valence-corrected chi connectivity index (χ2v) is 9.56. The number of hydrogen-bond acceptors (Lipinski definition) is 0. The fourth-order valence-electron chi connectivity index (χ4n) is 4.65. The summed E-state index contributed by atoms with van der Waals surface area (Å²) in [5, 5.41) is 1.36. The Kier molecular flexibility index (Phi) is 5.71. The van der Waals surface area contributed by atoms with Gasteiger partial charge in [0.15, 0.2) is 0 Å². The molecule has 0 amide bonds. The van der Waals surface area contributed by atoms with Gasteiger partial charge in [0, 0.05) is 17.7 Å². The summed E-state index contributed by atoms with van der Waals surface area (Å²) >= 11 is 0. The van der Waals surface area contributed by atoms with Crippen molar-refractivity contribution in [1.82, 2.24) is 0 Å². The largest absolute Gasteiger partial charge is 0.213 e. The van der Waals surface area contributed by atoms with Gasteiger partial charge in [-0.05, 0) is 86.1 Å². The molecule has 0 N–H and O–H groups in total. The van der Waals surface area contributed by atoms with E-state index in [1.54, 1.807) is 0 Å². The number of aromatic nitrogens is 1. The van der Waals surface area contributed by atoms with Crippen molar-refractivity contribution in [2.75, 3.05) is 0 Å². The summed E-state index contributed by atoms with van der Waals surface area (Å²) in [6, 6.07) is 22.9. The van der Waals surface area contributed by atoms with Crippen molar-refractivity contribution in [3.8, 4) is 22.4 Å². The van der Waals surface area contributed by atoms with E-state index in [0.717, 1.165) is 6.42 Å². The molecule has 1 aromatic heterocycles. The predicted octanol–water partition coefficient (Wildman–Crippen LogP) is 7.43. The summed E-state index contributed by atoms with van der Waals surface area (Å²) < 4.78 is 2.37. The van der Waals surface area contributed by atoms with E-state index < -0.39 is 0 Å². The summed E-state index contributed by atoms with van der Waals surface area (Å²) in [4.78, 5) is 0. The summed E-state index contributed by atoms with van der Waals surface area (Å²) in [5.74, 6) is 0.604. The number of nitrogens with zero attached hydrogens (tertiary/aromatic N) is 1. The Morgan fingerprint density at radius 2 is 1.42 bits per heavy atom. The number of benzene rings is 3. The fraction of sp³-hybridized carbons (Fsp3) is 0.300. The third kappa shape index (κ3) is 4.14. The van der Waals surface area contributed by atoms with Crippen LogP contribution in [-0.4, -0.2) is 0 Å². The van der Waals surface area contributed by atoms with Crippen LogP contribution in [0.1, 0.15) is 41.7 Å². The highest BCUT2D eigenvalue weighted by molar-refractivity contribution is 5.87. The van der Waals surface area contributed by atoms with Gasteiger partial charge in [-0.3, -0.25) is 0 Å². The van der Waals surface area contributed by atoms with Crippen LogP contribution in [0.5, 0.6) is 0 Å². The molecule has 0 saturated carbocycles. The molecule has 0 saturated heterocycles. The van der Waals surface area contributed by atoms with Crippen LogP contribution < -0.4 is 4.57 Å². The Morgan fingerprint density at radius 1 is 0.742 bits per heavy atom. The van der Waals surface area contributed by atoms with E-state index in [0.29, 0.717) is 5.92 Å². The molecule has 0 atom stereocenters. The average Bonchev–Trinajstić information content (AvgIpc) is 2.73. The van der Waals surface area contributed by atoms with Crippen molar-refractivity contribution in [1.29, 1.82) is 0 Å². The molecule has 0 aliphatic rings. The molecule has 158 valence electrons. The van der Waals surface area contributed by atoms with Gasteiger partial charge in [0.2, 0.25) is 11.2 Å². The number of aryl methyl sites for hydroxylation is 4. The molecule has 0 unspecified atom stereocenters. The fourth-order valence-corrected chi connectivity index (χ4v) is 4.65. The van der Waals surface area contributed by atoms with E-state index in [1.165, 1.54) is 61.1 Å². The third-order valence-corrected chi connectivity index (χ3v) is 6.48. The van der Waals surface area contributed by atoms with Crippen molar-refractivity contribution in [3.05, 3.63) is 88.5 Å². The molecule has 0 aliphatic carbocycles. The van der Waals surface area contributed by atoms with Crippen molar-refractivity contribution in [3.63, 3.8) is 0 Å². The molecule has 1 heteroatoms. The zero-order valence-corrected chi connectivity index (χ0v) is 20.0. The second-order valence-electron chi connectivity index (χ2n) is 9.56. The molecular weight excluding hydrogens is 374 g/mol. The van der Waals surface area contributed by atoms with Gasteiger partial charge < -0.3 is 0 Å². The number of rotatable bonds is 4.